The summed E-state index contributed by atoms with van der Waals surface area (Å²) in [6.45, 7) is 2.04. The third kappa shape index (κ3) is 2.13. The van der Waals surface area contributed by atoms with Crippen LogP contribution in [0.5, 0.6) is 0 Å². The third-order valence-electron chi connectivity index (χ3n) is 3.16. The minimum Gasteiger partial charge on any atom is -0.350 e. The lowest BCUT2D eigenvalue weighted by molar-refractivity contribution is 0.581. The van der Waals surface area contributed by atoms with Gasteiger partial charge in [-0.2, -0.15) is 5.26 Å². The van der Waals surface area contributed by atoms with Crippen molar-refractivity contribution in [1.82, 2.24) is 9.88 Å². The molecule has 2 heterocycles. The van der Waals surface area contributed by atoms with Crippen molar-refractivity contribution in [1.29, 1.82) is 5.26 Å². The molecule has 4 heteroatoms. The van der Waals surface area contributed by atoms with Gasteiger partial charge in [0.25, 0.3) is 0 Å². The van der Waals surface area contributed by atoms with E-state index in [-0.39, 0.29) is 0 Å². The molecule has 0 bridgehead atoms. The van der Waals surface area contributed by atoms with Gasteiger partial charge in [0.2, 0.25) is 0 Å². The number of allylic oxidation sites excluding steroid dienone is 4. The second-order valence-electron chi connectivity index (χ2n) is 4.68. The summed E-state index contributed by atoms with van der Waals surface area (Å²) in [4.78, 5) is 6.54. The second kappa shape index (κ2) is 4.95. The van der Waals surface area contributed by atoms with Crippen LogP contribution in [-0.4, -0.2) is 16.9 Å². The average Bonchev–Trinajstić information content (AvgIpc) is 2.85. The summed E-state index contributed by atoms with van der Waals surface area (Å²) in [5.74, 6) is 0. The number of likely N-dealkylation sites (N-methyl/N-ethyl adjacent to an activating group) is 1. The van der Waals surface area contributed by atoms with Crippen molar-refractivity contribution in [3.63, 3.8) is 0 Å². The summed E-state index contributed by atoms with van der Waals surface area (Å²) in [5.41, 5.74) is 3.61. The normalized spacial score (nSPS) is 17.1. The Hall–Kier alpha value is -2.38. The molecule has 1 aromatic carbocycles. The van der Waals surface area contributed by atoms with E-state index >= 15 is 0 Å². The smallest absolute Gasteiger partial charge is 0.137 e. The van der Waals surface area contributed by atoms with Gasteiger partial charge in [0.05, 0.1) is 15.9 Å². The van der Waals surface area contributed by atoms with Crippen LogP contribution < -0.4 is 0 Å². The van der Waals surface area contributed by atoms with Gasteiger partial charge in [-0.05, 0) is 30.7 Å². The minimum atomic E-state index is 0.619. The van der Waals surface area contributed by atoms with Crippen LogP contribution in [0.3, 0.4) is 0 Å². The lowest BCUT2D eigenvalue weighted by atomic mass is 10.1. The molecular formula is C16H13N3S. The van der Waals surface area contributed by atoms with E-state index < -0.39 is 0 Å². The molecule has 0 unspecified atom stereocenters. The van der Waals surface area contributed by atoms with Crippen LogP contribution in [0, 0.1) is 11.3 Å². The topological polar surface area (TPSA) is 39.9 Å². The molecule has 0 spiro atoms. The predicted molar refractivity (Wildman–Crippen MR) is 82.8 cm³/mol. The number of aromatic nitrogens is 1. The highest BCUT2D eigenvalue weighted by Gasteiger charge is 2.16. The SMILES string of the molecule is CC1=CN(C)/C(=C(\C#N)c2nc3ccccc3s2)C=C1. The van der Waals surface area contributed by atoms with E-state index in [1.54, 1.807) is 11.3 Å². The van der Waals surface area contributed by atoms with E-state index in [1.165, 1.54) is 0 Å². The van der Waals surface area contributed by atoms with Crippen molar-refractivity contribution < 1.29 is 0 Å². The monoisotopic (exact) mass is 279 g/mol. The molecule has 2 aromatic rings. The van der Waals surface area contributed by atoms with Gasteiger partial charge in [0.15, 0.2) is 0 Å². The third-order valence-corrected chi connectivity index (χ3v) is 4.21. The Labute approximate surface area is 121 Å². The van der Waals surface area contributed by atoms with Gasteiger partial charge >= 0.3 is 0 Å². The number of nitriles is 1. The number of benzene rings is 1. The van der Waals surface area contributed by atoms with Gasteiger partial charge < -0.3 is 4.90 Å². The molecule has 0 saturated heterocycles. The zero-order valence-electron chi connectivity index (χ0n) is 11.3. The van der Waals surface area contributed by atoms with E-state index in [2.05, 4.69) is 11.1 Å². The molecule has 0 aliphatic carbocycles. The molecular weight excluding hydrogens is 266 g/mol. The molecule has 1 aliphatic rings. The Balaban J connectivity index is 2.15. The van der Waals surface area contributed by atoms with Crippen molar-refractivity contribution in [3.05, 3.63) is 58.9 Å². The first kappa shape index (κ1) is 12.6. The van der Waals surface area contributed by atoms with E-state index in [4.69, 9.17) is 0 Å². The molecule has 0 radical (unpaired) electrons. The molecule has 0 amide bonds. The second-order valence-corrected chi connectivity index (χ2v) is 5.71. The van der Waals surface area contributed by atoms with Crippen molar-refractivity contribution in [2.24, 2.45) is 0 Å². The number of nitrogens with zero attached hydrogens (tertiary/aromatic N) is 3. The van der Waals surface area contributed by atoms with Gasteiger partial charge in [-0.1, -0.05) is 18.2 Å². The number of fused-ring (bicyclic) bond motifs is 1. The van der Waals surface area contributed by atoms with E-state index in [0.717, 1.165) is 26.5 Å². The van der Waals surface area contributed by atoms with Crippen LogP contribution in [0.2, 0.25) is 0 Å². The summed E-state index contributed by atoms with van der Waals surface area (Å²) >= 11 is 1.55. The maximum atomic E-state index is 9.52. The van der Waals surface area contributed by atoms with Crippen LogP contribution >= 0.6 is 11.3 Å². The van der Waals surface area contributed by atoms with Crippen molar-refractivity contribution >= 4 is 27.1 Å². The standard InChI is InChI=1S/C16H13N3S/c1-11-7-8-14(19(2)10-11)12(9-17)16-18-13-5-3-4-6-15(13)20-16/h3-8,10H,1-2H3/b14-12+. The highest BCUT2D eigenvalue weighted by Crippen LogP contribution is 2.30. The van der Waals surface area contributed by atoms with Gasteiger partial charge in [-0.3, -0.25) is 0 Å². The largest absolute Gasteiger partial charge is 0.350 e. The highest BCUT2D eigenvalue weighted by molar-refractivity contribution is 7.19. The molecule has 1 aromatic heterocycles. The zero-order chi connectivity index (χ0) is 14.1. The Bertz CT molecular complexity index is 769. The molecule has 0 atom stereocenters. The predicted octanol–water partition coefficient (Wildman–Crippen LogP) is 3.94. The van der Waals surface area contributed by atoms with Gasteiger partial charge in [0.1, 0.15) is 16.6 Å². The van der Waals surface area contributed by atoms with Crippen LogP contribution in [0.15, 0.2) is 53.9 Å². The molecule has 1 aliphatic heterocycles. The number of rotatable bonds is 1. The van der Waals surface area contributed by atoms with Crippen molar-refractivity contribution in [2.45, 2.75) is 6.92 Å². The first-order chi connectivity index (χ1) is 9.69. The van der Waals surface area contributed by atoms with Crippen LogP contribution in [0.1, 0.15) is 11.9 Å². The van der Waals surface area contributed by atoms with Gasteiger partial charge in [0, 0.05) is 13.2 Å². The van der Waals surface area contributed by atoms with Gasteiger partial charge in [-0.25, -0.2) is 4.98 Å². The van der Waals surface area contributed by atoms with E-state index in [1.807, 2.05) is 61.5 Å². The Morgan fingerprint density at radius 2 is 2.10 bits per heavy atom. The van der Waals surface area contributed by atoms with Crippen molar-refractivity contribution in [2.75, 3.05) is 7.05 Å². The first-order valence-corrected chi connectivity index (χ1v) is 7.10. The fraction of sp³-hybridized carbons (Fsp3) is 0.125. The molecule has 20 heavy (non-hydrogen) atoms. The quantitative estimate of drug-likeness (QED) is 0.742. The highest BCUT2D eigenvalue weighted by atomic mass is 32.1. The molecule has 0 fully saturated rings. The summed E-state index contributed by atoms with van der Waals surface area (Å²) in [5, 5.41) is 10.3. The van der Waals surface area contributed by atoms with Crippen LogP contribution in [0.25, 0.3) is 15.8 Å². The molecule has 0 saturated carbocycles. The number of thiazole rings is 1. The zero-order valence-corrected chi connectivity index (χ0v) is 12.1. The van der Waals surface area contributed by atoms with Crippen LogP contribution in [0.4, 0.5) is 0 Å². The number of hydrogen-bond donors (Lipinski definition) is 0. The van der Waals surface area contributed by atoms with Gasteiger partial charge in [-0.15, -0.1) is 11.3 Å². The summed E-state index contributed by atoms with van der Waals surface area (Å²) in [6, 6.07) is 10.3. The maximum absolute atomic E-state index is 9.52. The molecule has 3 nitrogen and oxygen atoms in total. The maximum Gasteiger partial charge on any atom is 0.137 e. The lowest BCUT2D eigenvalue weighted by Crippen LogP contribution is -2.13. The number of hydrogen-bond acceptors (Lipinski definition) is 4. The minimum absolute atomic E-state index is 0.619. The Kier molecular flexibility index (Phi) is 3.13. The molecule has 0 N–H and O–H groups in total. The van der Waals surface area contributed by atoms with Crippen molar-refractivity contribution in [3.8, 4) is 6.07 Å². The Morgan fingerprint density at radius 1 is 1.30 bits per heavy atom. The fourth-order valence-corrected chi connectivity index (χ4v) is 3.17. The Morgan fingerprint density at radius 3 is 2.80 bits per heavy atom. The van der Waals surface area contributed by atoms with E-state index in [0.29, 0.717) is 5.57 Å². The first-order valence-electron chi connectivity index (χ1n) is 6.28. The lowest BCUT2D eigenvalue weighted by Gasteiger charge is -2.21. The summed E-state index contributed by atoms with van der Waals surface area (Å²) in [7, 11) is 1.95. The number of para-hydroxylation sites is 1. The molecule has 3 rings (SSSR count). The summed E-state index contributed by atoms with van der Waals surface area (Å²) in [6.07, 6.45) is 6.00. The molecule has 98 valence electrons. The van der Waals surface area contributed by atoms with Crippen LogP contribution in [-0.2, 0) is 0 Å². The fourth-order valence-electron chi connectivity index (χ4n) is 2.20. The summed E-state index contributed by atoms with van der Waals surface area (Å²) < 4.78 is 1.10. The average molecular weight is 279 g/mol. The van der Waals surface area contributed by atoms with E-state index in [9.17, 15) is 5.26 Å².